The third kappa shape index (κ3) is 8.05. The van der Waals surface area contributed by atoms with Gasteiger partial charge in [0.05, 0.1) is 13.2 Å². The third-order valence-electron chi connectivity index (χ3n) is 4.85. The molecule has 2 unspecified atom stereocenters. The number of pyridine rings is 1. The second kappa shape index (κ2) is 12.0. The highest BCUT2D eigenvalue weighted by atomic mass is 127. The lowest BCUT2D eigenvalue weighted by molar-refractivity contribution is 0.288. The molecule has 1 aromatic rings. The Morgan fingerprint density at radius 3 is 2.89 bits per heavy atom. The van der Waals surface area contributed by atoms with E-state index in [9.17, 15) is 0 Å². The topological polar surface area (TPSA) is 58.5 Å². The zero-order chi connectivity index (χ0) is 18.2. The van der Waals surface area contributed by atoms with Crippen LogP contribution in [0.5, 0.6) is 5.88 Å². The Bertz CT molecular complexity index is 597. The number of aromatic nitrogens is 1. The van der Waals surface area contributed by atoms with Crippen LogP contribution in [0.3, 0.4) is 0 Å². The minimum absolute atomic E-state index is 0. The van der Waals surface area contributed by atoms with Crippen LogP contribution in [0, 0.1) is 5.92 Å². The van der Waals surface area contributed by atoms with E-state index in [0.717, 1.165) is 41.7 Å². The van der Waals surface area contributed by atoms with Crippen LogP contribution < -0.4 is 15.4 Å². The van der Waals surface area contributed by atoms with E-state index < -0.39 is 0 Å². The van der Waals surface area contributed by atoms with E-state index in [1.54, 1.807) is 0 Å². The molecule has 2 aliphatic rings. The van der Waals surface area contributed by atoms with Crippen LogP contribution in [0.25, 0.3) is 0 Å². The first-order chi connectivity index (χ1) is 12.8. The van der Waals surface area contributed by atoms with E-state index in [4.69, 9.17) is 9.73 Å². The predicted octanol–water partition coefficient (Wildman–Crippen LogP) is 4.22. The van der Waals surface area contributed by atoms with Gasteiger partial charge >= 0.3 is 0 Å². The summed E-state index contributed by atoms with van der Waals surface area (Å²) in [4.78, 5) is 9.08. The minimum Gasteiger partial charge on any atom is -0.477 e. The fourth-order valence-corrected chi connectivity index (χ4v) is 4.40. The predicted molar refractivity (Wildman–Crippen MR) is 125 cm³/mol. The number of nitrogens with one attached hydrogen (secondary N) is 2. The molecule has 2 atom stereocenters. The molecule has 1 aromatic heterocycles. The summed E-state index contributed by atoms with van der Waals surface area (Å²) >= 11 is 2.08. The van der Waals surface area contributed by atoms with Gasteiger partial charge in [-0.05, 0) is 62.3 Å². The number of guanidine groups is 1. The first-order valence-corrected chi connectivity index (χ1v) is 11.1. The molecule has 5 nitrogen and oxygen atoms in total. The zero-order valence-corrected chi connectivity index (χ0v) is 19.6. The van der Waals surface area contributed by atoms with Crippen molar-refractivity contribution >= 4 is 41.7 Å². The van der Waals surface area contributed by atoms with Crippen molar-refractivity contribution in [2.24, 2.45) is 10.9 Å². The number of ether oxygens (including phenoxy) is 1. The number of thioether (sulfide) groups is 1. The zero-order valence-electron chi connectivity index (χ0n) is 16.4. The molecule has 152 valence electrons. The van der Waals surface area contributed by atoms with Gasteiger partial charge in [0.15, 0.2) is 5.96 Å². The highest BCUT2D eigenvalue weighted by Crippen LogP contribution is 2.30. The lowest BCUT2D eigenvalue weighted by atomic mass is 10.2. The molecule has 2 aliphatic carbocycles. The fourth-order valence-electron chi connectivity index (χ4n) is 3.26. The first kappa shape index (κ1) is 22.6. The van der Waals surface area contributed by atoms with E-state index in [1.807, 2.05) is 18.3 Å². The Morgan fingerprint density at radius 2 is 2.15 bits per heavy atom. The van der Waals surface area contributed by atoms with Gasteiger partial charge in [-0.15, -0.1) is 24.0 Å². The van der Waals surface area contributed by atoms with E-state index in [1.165, 1.54) is 37.9 Å². The third-order valence-corrected chi connectivity index (χ3v) is 6.09. The van der Waals surface area contributed by atoms with Crippen LogP contribution in [0.4, 0.5) is 0 Å². The number of nitrogens with zero attached hydrogens (tertiary/aromatic N) is 2. The molecule has 0 amide bonds. The van der Waals surface area contributed by atoms with E-state index in [-0.39, 0.29) is 24.0 Å². The molecule has 7 heteroatoms. The molecule has 27 heavy (non-hydrogen) atoms. The summed E-state index contributed by atoms with van der Waals surface area (Å²) in [7, 11) is 0. The largest absolute Gasteiger partial charge is 0.477 e. The van der Waals surface area contributed by atoms with Gasteiger partial charge in [-0.1, -0.05) is 6.92 Å². The van der Waals surface area contributed by atoms with Gasteiger partial charge < -0.3 is 15.4 Å². The van der Waals surface area contributed by atoms with E-state index in [2.05, 4.69) is 41.2 Å². The number of hydrogen-bond donors (Lipinski definition) is 2. The monoisotopic (exact) mass is 504 g/mol. The Labute approximate surface area is 184 Å². The minimum atomic E-state index is 0. The quantitative estimate of drug-likeness (QED) is 0.300. The summed E-state index contributed by atoms with van der Waals surface area (Å²) in [6, 6.07) is 4.56. The number of rotatable bonds is 9. The Kier molecular flexibility index (Phi) is 10.0. The SMILES string of the molecule is CCNC(=NCc1ccnc(OCC2CC2)c1)NC1CCC(SCC)C1.I. The van der Waals surface area contributed by atoms with Gasteiger partial charge in [0, 0.05) is 30.1 Å². The van der Waals surface area contributed by atoms with Crippen molar-refractivity contribution in [1.29, 1.82) is 0 Å². The summed E-state index contributed by atoms with van der Waals surface area (Å²) in [5.41, 5.74) is 1.13. The molecular formula is C20H33IN4OS. The van der Waals surface area contributed by atoms with Crippen molar-refractivity contribution in [3.63, 3.8) is 0 Å². The van der Waals surface area contributed by atoms with E-state index in [0.29, 0.717) is 12.6 Å². The molecule has 0 aliphatic heterocycles. The van der Waals surface area contributed by atoms with Crippen LogP contribution in [-0.2, 0) is 6.54 Å². The average molecular weight is 504 g/mol. The van der Waals surface area contributed by atoms with Crippen molar-refractivity contribution in [3.8, 4) is 5.88 Å². The molecule has 1 heterocycles. The van der Waals surface area contributed by atoms with Crippen molar-refractivity contribution in [2.75, 3.05) is 18.9 Å². The van der Waals surface area contributed by atoms with Crippen molar-refractivity contribution < 1.29 is 4.74 Å². The maximum Gasteiger partial charge on any atom is 0.213 e. The molecule has 0 aromatic carbocycles. The molecule has 2 fully saturated rings. The Morgan fingerprint density at radius 1 is 1.30 bits per heavy atom. The van der Waals surface area contributed by atoms with Gasteiger partial charge in [-0.2, -0.15) is 11.8 Å². The fraction of sp³-hybridized carbons (Fsp3) is 0.700. The summed E-state index contributed by atoms with van der Waals surface area (Å²) < 4.78 is 5.77. The molecule has 0 saturated heterocycles. The maximum absolute atomic E-state index is 5.77. The van der Waals surface area contributed by atoms with E-state index >= 15 is 0 Å². The number of aliphatic imine (C=N–C) groups is 1. The molecule has 0 radical (unpaired) electrons. The molecular weight excluding hydrogens is 471 g/mol. The first-order valence-electron chi connectivity index (χ1n) is 10.0. The van der Waals surface area contributed by atoms with Crippen LogP contribution in [0.2, 0.25) is 0 Å². The molecule has 2 N–H and O–H groups in total. The highest BCUT2D eigenvalue weighted by Gasteiger charge is 2.25. The molecule has 0 spiro atoms. The Balaban J connectivity index is 0.00000261. The lowest BCUT2D eigenvalue weighted by Crippen LogP contribution is -2.42. The van der Waals surface area contributed by atoms with Crippen molar-refractivity contribution in [2.45, 2.75) is 63.8 Å². The molecule has 0 bridgehead atoms. The summed E-state index contributed by atoms with van der Waals surface area (Å²) in [6.07, 6.45) is 8.17. The van der Waals surface area contributed by atoms with Crippen molar-refractivity contribution in [3.05, 3.63) is 23.9 Å². The highest BCUT2D eigenvalue weighted by molar-refractivity contribution is 14.0. The van der Waals surface area contributed by atoms with Gasteiger partial charge in [0.2, 0.25) is 5.88 Å². The van der Waals surface area contributed by atoms with Crippen LogP contribution in [-0.4, -0.2) is 41.1 Å². The Hall–Kier alpha value is -0.700. The number of halogens is 1. The second-order valence-corrected chi connectivity index (χ2v) is 8.76. The van der Waals surface area contributed by atoms with Gasteiger partial charge in [0.1, 0.15) is 0 Å². The van der Waals surface area contributed by atoms with Crippen LogP contribution in [0.15, 0.2) is 23.3 Å². The van der Waals surface area contributed by atoms with Gasteiger partial charge in [-0.25, -0.2) is 9.98 Å². The lowest BCUT2D eigenvalue weighted by Gasteiger charge is -2.17. The van der Waals surface area contributed by atoms with Crippen LogP contribution in [0.1, 0.15) is 51.5 Å². The molecule has 3 rings (SSSR count). The second-order valence-electron chi connectivity index (χ2n) is 7.18. The average Bonchev–Trinajstić information content (AvgIpc) is 3.38. The summed E-state index contributed by atoms with van der Waals surface area (Å²) in [5, 5.41) is 7.79. The standard InChI is InChI=1S/C20H32N4OS.HI/c1-3-21-20(24-17-7-8-18(12-17)26-4-2)23-13-16-9-10-22-19(11-16)25-14-15-5-6-15;/h9-11,15,17-18H,3-8,12-14H2,1-2H3,(H2,21,23,24);1H. The van der Waals surface area contributed by atoms with Crippen LogP contribution >= 0.6 is 35.7 Å². The molecule has 2 saturated carbocycles. The smallest absolute Gasteiger partial charge is 0.213 e. The maximum atomic E-state index is 5.77. The van der Waals surface area contributed by atoms with Crippen molar-refractivity contribution in [1.82, 2.24) is 15.6 Å². The summed E-state index contributed by atoms with van der Waals surface area (Å²) in [5.74, 6) is 3.58. The summed E-state index contributed by atoms with van der Waals surface area (Å²) in [6.45, 7) is 6.66. The van der Waals surface area contributed by atoms with Gasteiger partial charge in [-0.3, -0.25) is 0 Å². The number of hydrogen-bond acceptors (Lipinski definition) is 4. The van der Waals surface area contributed by atoms with Gasteiger partial charge in [0.25, 0.3) is 0 Å². The normalized spacial score (nSPS) is 22.2.